The van der Waals surface area contributed by atoms with Gasteiger partial charge in [0, 0.05) is 18.4 Å². The van der Waals surface area contributed by atoms with Gasteiger partial charge in [-0.2, -0.15) is 0 Å². The molecule has 136 valence electrons. The third kappa shape index (κ3) is 3.09. The van der Waals surface area contributed by atoms with Crippen molar-refractivity contribution in [2.24, 2.45) is 0 Å². The minimum Gasteiger partial charge on any atom is -0.441 e. The van der Waals surface area contributed by atoms with Crippen molar-refractivity contribution in [3.63, 3.8) is 0 Å². The smallest absolute Gasteiger partial charge is 0.411 e. The molecule has 0 bridgehead atoms. The third-order valence-corrected chi connectivity index (χ3v) is 5.86. The van der Waals surface area contributed by atoms with Crippen LogP contribution in [0.25, 0.3) is 0 Å². The Morgan fingerprint density at radius 3 is 2.35 bits per heavy atom. The van der Waals surface area contributed by atoms with E-state index in [9.17, 15) is 4.79 Å². The number of ether oxygens (including phenoxy) is 1. The Kier molecular flexibility index (Phi) is 4.43. The summed E-state index contributed by atoms with van der Waals surface area (Å²) >= 11 is 0. The highest BCUT2D eigenvalue weighted by atomic mass is 16.6. The average molecular weight is 350 g/mol. The number of nitrogens with zero attached hydrogens (tertiary/aromatic N) is 2. The standard InChI is InChI=1S/C22H26N2O2/c1-22(2)20(17-7-4-3-5-8-17)24(21(25)26-22)19-12-10-16(11-13-19)18-9-6-14-23-15-18/h3-9,14-16,19-20H,10-13H2,1-2H3. The van der Waals surface area contributed by atoms with Gasteiger partial charge in [0.05, 0.1) is 6.04 Å². The van der Waals surface area contributed by atoms with E-state index in [4.69, 9.17) is 4.74 Å². The van der Waals surface area contributed by atoms with E-state index < -0.39 is 5.60 Å². The fourth-order valence-electron chi connectivity index (χ4n) is 4.64. The van der Waals surface area contributed by atoms with Crippen LogP contribution in [0, 0.1) is 0 Å². The van der Waals surface area contributed by atoms with Crippen molar-refractivity contribution >= 4 is 6.09 Å². The molecule has 1 aliphatic carbocycles. The Balaban J connectivity index is 1.54. The van der Waals surface area contributed by atoms with Crippen LogP contribution in [-0.2, 0) is 4.74 Å². The summed E-state index contributed by atoms with van der Waals surface area (Å²) in [4.78, 5) is 19.0. The molecule has 4 heteroatoms. The quantitative estimate of drug-likeness (QED) is 0.775. The van der Waals surface area contributed by atoms with Crippen molar-refractivity contribution in [2.75, 3.05) is 0 Å². The molecule has 2 fully saturated rings. The van der Waals surface area contributed by atoms with E-state index in [2.05, 4.69) is 23.2 Å². The van der Waals surface area contributed by atoms with Crippen LogP contribution in [0.5, 0.6) is 0 Å². The number of benzene rings is 1. The molecule has 0 radical (unpaired) electrons. The number of rotatable bonds is 3. The first-order valence-electron chi connectivity index (χ1n) is 9.52. The molecule has 1 saturated carbocycles. The highest BCUT2D eigenvalue weighted by molar-refractivity contribution is 5.72. The van der Waals surface area contributed by atoms with Crippen molar-refractivity contribution in [3.05, 3.63) is 66.0 Å². The second kappa shape index (κ2) is 6.75. The maximum atomic E-state index is 12.7. The summed E-state index contributed by atoms with van der Waals surface area (Å²) in [7, 11) is 0. The van der Waals surface area contributed by atoms with E-state index in [1.54, 1.807) is 0 Å². The fourth-order valence-corrected chi connectivity index (χ4v) is 4.64. The van der Waals surface area contributed by atoms with Crippen molar-refractivity contribution in [3.8, 4) is 0 Å². The number of aromatic nitrogens is 1. The molecule has 4 nitrogen and oxygen atoms in total. The lowest BCUT2D eigenvalue weighted by Gasteiger charge is -2.38. The number of hydrogen-bond acceptors (Lipinski definition) is 3. The summed E-state index contributed by atoms with van der Waals surface area (Å²) in [6.45, 7) is 4.04. The van der Waals surface area contributed by atoms with E-state index in [0.29, 0.717) is 5.92 Å². The molecule has 0 spiro atoms. The Hall–Kier alpha value is -2.36. The van der Waals surface area contributed by atoms with Crippen molar-refractivity contribution in [1.29, 1.82) is 0 Å². The molecule has 1 aliphatic heterocycles. The Bertz CT molecular complexity index is 752. The normalized spacial score (nSPS) is 28.0. The summed E-state index contributed by atoms with van der Waals surface area (Å²) in [5, 5.41) is 0. The predicted octanol–water partition coefficient (Wildman–Crippen LogP) is 5.08. The molecule has 1 aromatic heterocycles. The van der Waals surface area contributed by atoms with Crippen molar-refractivity contribution in [2.45, 2.75) is 63.1 Å². The monoisotopic (exact) mass is 350 g/mol. The molecule has 1 saturated heterocycles. The lowest BCUT2D eigenvalue weighted by atomic mass is 9.80. The summed E-state index contributed by atoms with van der Waals surface area (Å²) in [6.07, 6.45) is 7.81. The lowest BCUT2D eigenvalue weighted by molar-refractivity contribution is 0.0664. The highest BCUT2D eigenvalue weighted by Gasteiger charge is 2.51. The summed E-state index contributed by atoms with van der Waals surface area (Å²) in [5.74, 6) is 0.543. The van der Waals surface area contributed by atoms with Crippen LogP contribution in [0.1, 0.15) is 62.6 Å². The Morgan fingerprint density at radius 1 is 1.00 bits per heavy atom. The van der Waals surface area contributed by atoms with Crippen LogP contribution in [0.2, 0.25) is 0 Å². The minimum absolute atomic E-state index is 0.0314. The van der Waals surface area contributed by atoms with Gasteiger partial charge in [-0.15, -0.1) is 0 Å². The Morgan fingerprint density at radius 2 is 1.69 bits per heavy atom. The highest BCUT2D eigenvalue weighted by Crippen LogP contribution is 2.45. The van der Waals surface area contributed by atoms with Gasteiger partial charge >= 0.3 is 6.09 Å². The van der Waals surface area contributed by atoms with E-state index >= 15 is 0 Å². The number of carbonyl (C=O) groups is 1. The molecule has 1 atom stereocenters. The van der Waals surface area contributed by atoms with Crippen LogP contribution in [0.15, 0.2) is 54.9 Å². The Labute approximate surface area is 155 Å². The molecular weight excluding hydrogens is 324 g/mol. The summed E-state index contributed by atoms with van der Waals surface area (Å²) in [6, 6.07) is 14.7. The van der Waals surface area contributed by atoms with Crippen LogP contribution < -0.4 is 0 Å². The average Bonchev–Trinajstić information content (AvgIpc) is 2.91. The van der Waals surface area contributed by atoms with E-state index in [-0.39, 0.29) is 18.2 Å². The van der Waals surface area contributed by atoms with Gasteiger partial charge in [0.2, 0.25) is 0 Å². The van der Waals surface area contributed by atoms with E-state index in [1.165, 1.54) is 5.56 Å². The number of cyclic esters (lactones) is 1. The lowest BCUT2D eigenvalue weighted by Crippen LogP contribution is -2.42. The van der Waals surface area contributed by atoms with Crippen LogP contribution >= 0.6 is 0 Å². The first-order valence-corrected chi connectivity index (χ1v) is 9.52. The number of pyridine rings is 1. The molecule has 26 heavy (non-hydrogen) atoms. The number of amides is 1. The van der Waals surface area contributed by atoms with Crippen LogP contribution in [-0.4, -0.2) is 27.6 Å². The van der Waals surface area contributed by atoms with Gasteiger partial charge < -0.3 is 4.74 Å². The van der Waals surface area contributed by atoms with Gasteiger partial charge in [-0.1, -0.05) is 36.4 Å². The zero-order chi connectivity index (χ0) is 18.1. The fraction of sp³-hybridized carbons (Fsp3) is 0.455. The zero-order valence-corrected chi connectivity index (χ0v) is 15.5. The summed E-state index contributed by atoms with van der Waals surface area (Å²) in [5.41, 5.74) is 1.95. The van der Waals surface area contributed by atoms with Gasteiger partial charge in [0.1, 0.15) is 5.60 Å². The molecule has 1 aromatic carbocycles. The first-order chi connectivity index (χ1) is 12.6. The molecule has 2 aromatic rings. The largest absolute Gasteiger partial charge is 0.441 e. The zero-order valence-electron chi connectivity index (χ0n) is 15.5. The number of carbonyl (C=O) groups excluding carboxylic acids is 1. The molecule has 2 aliphatic rings. The van der Waals surface area contributed by atoms with Crippen molar-refractivity contribution < 1.29 is 9.53 Å². The second-order valence-corrected chi connectivity index (χ2v) is 7.98. The second-order valence-electron chi connectivity index (χ2n) is 7.98. The SMILES string of the molecule is CC1(C)OC(=O)N(C2CCC(c3cccnc3)CC2)C1c1ccccc1. The van der Waals surface area contributed by atoms with Gasteiger partial charge in [-0.05, 0) is 62.6 Å². The molecule has 1 unspecified atom stereocenters. The maximum absolute atomic E-state index is 12.7. The first kappa shape index (κ1) is 17.1. The molecule has 0 N–H and O–H groups in total. The summed E-state index contributed by atoms with van der Waals surface area (Å²) < 4.78 is 5.77. The molecular formula is C22H26N2O2. The predicted molar refractivity (Wildman–Crippen MR) is 101 cm³/mol. The maximum Gasteiger partial charge on any atom is 0.411 e. The molecule has 1 amide bonds. The van der Waals surface area contributed by atoms with E-state index in [0.717, 1.165) is 31.2 Å². The van der Waals surface area contributed by atoms with Gasteiger partial charge in [-0.3, -0.25) is 9.88 Å². The third-order valence-electron chi connectivity index (χ3n) is 5.86. The molecule has 2 heterocycles. The molecule has 4 rings (SSSR count). The van der Waals surface area contributed by atoms with Crippen LogP contribution in [0.4, 0.5) is 4.79 Å². The van der Waals surface area contributed by atoms with Gasteiger partial charge in [0.15, 0.2) is 0 Å². The van der Waals surface area contributed by atoms with E-state index in [1.807, 2.05) is 55.4 Å². The van der Waals surface area contributed by atoms with Gasteiger partial charge in [-0.25, -0.2) is 4.79 Å². The topological polar surface area (TPSA) is 42.4 Å². The van der Waals surface area contributed by atoms with Crippen LogP contribution in [0.3, 0.4) is 0 Å². The van der Waals surface area contributed by atoms with Gasteiger partial charge in [0.25, 0.3) is 0 Å². The minimum atomic E-state index is -0.515. The number of hydrogen-bond donors (Lipinski definition) is 0. The van der Waals surface area contributed by atoms with Crippen molar-refractivity contribution in [1.82, 2.24) is 9.88 Å².